The van der Waals surface area contributed by atoms with E-state index in [1.165, 1.54) is 24.4 Å². The molecule has 0 aliphatic heterocycles. The van der Waals surface area contributed by atoms with Crippen LogP contribution in [0.4, 0.5) is 4.39 Å². The second-order valence-electron chi connectivity index (χ2n) is 3.49. The molecule has 0 unspecified atom stereocenters. The molecule has 0 spiro atoms. The van der Waals surface area contributed by atoms with E-state index in [1.807, 2.05) is 0 Å². The Hall–Kier alpha value is -2.37. The van der Waals surface area contributed by atoms with Crippen LogP contribution in [0.3, 0.4) is 0 Å². The number of carboxylic acids is 1. The summed E-state index contributed by atoms with van der Waals surface area (Å²) < 4.78 is 14.1. The number of H-pyrrole nitrogens is 1. The second kappa shape index (κ2) is 4.25. The van der Waals surface area contributed by atoms with Crippen LogP contribution in [-0.4, -0.2) is 20.9 Å². The van der Waals surface area contributed by atoms with Crippen molar-refractivity contribution in [2.75, 3.05) is 0 Å². The van der Waals surface area contributed by atoms with Gasteiger partial charge in [-0.15, -0.1) is 0 Å². The van der Waals surface area contributed by atoms with E-state index >= 15 is 0 Å². The molecule has 0 aliphatic carbocycles. The van der Waals surface area contributed by atoms with Gasteiger partial charge in [-0.3, -0.25) is 14.7 Å². The van der Waals surface area contributed by atoms with Gasteiger partial charge in [0.25, 0.3) is 5.56 Å². The maximum atomic E-state index is 13.0. The topological polar surface area (TPSA) is 75.1 Å². The van der Waals surface area contributed by atoms with Crippen LogP contribution >= 0.6 is 0 Å². The number of carbonyl (C=O) groups is 1. The molecule has 5 nitrogen and oxygen atoms in total. The van der Waals surface area contributed by atoms with E-state index in [1.54, 1.807) is 6.07 Å². The smallest absolute Gasteiger partial charge is 0.308 e. The van der Waals surface area contributed by atoms with Crippen molar-refractivity contribution in [2.24, 2.45) is 0 Å². The molecule has 0 radical (unpaired) electrons. The van der Waals surface area contributed by atoms with E-state index in [-0.39, 0.29) is 12.0 Å². The Labute approximate surface area is 95.1 Å². The van der Waals surface area contributed by atoms with Gasteiger partial charge in [0, 0.05) is 11.8 Å². The van der Waals surface area contributed by atoms with Crippen molar-refractivity contribution >= 4 is 5.97 Å². The van der Waals surface area contributed by atoms with E-state index in [4.69, 9.17) is 5.11 Å². The minimum absolute atomic E-state index is 0.127. The number of halogens is 1. The fourth-order valence-electron chi connectivity index (χ4n) is 1.50. The van der Waals surface area contributed by atoms with Crippen molar-refractivity contribution < 1.29 is 14.3 Å². The molecule has 0 saturated carbocycles. The zero-order valence-electron chi connectivity index (χ0n) is 8.68. The quantitative estimate of drug-likeness (QED) is 0.832. The highest BCUT2D eigenvalue weighted by Crippen LogP contribution is 2.07. The van der Waals surface area contributed by atoms with Crippen LogP contribution in [0.1, 0.15) is 5.56 Å². The van der Waals surface area contributed by atoms with E-state index < -0.39 is 17.3 Å². The summed E-state index contributed by atoms with van der Waals surface area (Å²) in [5.41, 5.74) is -0.0357. The first-order valence-electron chi connectivity index (χ1n) is 4.85. The molecule has 6 heteroatoms. The van der Waals surface area contributed by atoms with Crippen LogP contribution in [-0.2, 0) is 11.2 Å². The molecule has 88 valence electrons. The van der Waals surface area contributed by atoms with E-state index in [0.717, 1.165) is 4.68 Å². The monoisotopic (exact) mass is 236 g/mol. The third kappa shape index (κ3) is 2.25. The van der Waals surface area contributed by atoms with Gasteiger partial charge in [-0.1, -0.05) is 6.07 Å². The highest BCUT2D eigenvalue weighted by molar-refractivity contribution is 5.69. The molecule has 1 aromatic carbocycles. The van der Waals surface area contributed by atoms with Gasteiger partial charge in [-0.25, -0.2) is 9.07 Å². The van der Waals surface area contributed by atoms with Crippen molar-refractivity contribution in [3.63, 3.8) is 0 Å². The van der Waals surface area contributed by atoms with E-state index in [9.17, 15) is 14.0 Å². The van der Waals surface area contributed by atoms with Crippen LogP contribution in [0.15, 0.2) is 35.3 Å². The zero-order chi connectivity index (χ0) is 12.4. The fraction of sp³-hybridized carbons (Fsp3) is 0.0909. The first-order valence-corrected chi connectivity index (χ1v) is 4.85. The van der Waals surface area contributed by atoms with Gasteiger partial charge >= 0.3 is 5.97 Å². The van der Waals surface area contributed by atoms with Gasteiger partial charge in [0.05, 0.1) is 12.1 Å². The molecule has 1 heterocycles. The first-order chi connectivity index (χ1) is 8.08. The Morgan fingerprint density at radius 1 is 1.47 bits per heavy atom. The summed E-state index contributed by atoms with van der Waals surface area (Å²) in [5, 5.41) is 11.2. The van der Waals surface area contributed by atoms with Crippen molar-refractivity contribution in [1.29, 1.82) is 0 Å². The number of aromatic amines is 1. The average molecular weight is 236 g/mol. The summed E-state index contributed by atoms with van der Waals surface area (Å²) in [4.78, 5) is 22.3. The van der Waals surface area contributed by atoms with Gasteiger partial charge in [0.2, 0.25) is 0 Å². The molecule has 2 rings (SSSR count). The third-order valence-corrected chi connectivity index (χ3v) is 2.25. The van der Waals surface area contributed by atoms with Gasteiger partial charge < -0.3 is 5.11 Å². The van der Waals surface area contributed by atoms with Gasteiger partial charge in [-0.2, -0.15) is 0 Å². The number of hydrogen-bond acceptors (Lipinski definition) is 2. The van der Waals surface area contributed by atoms with Crippen molar-refractivity contribution in [2.45, 2.75) is 6.42 Å². The summed E-state index contributed by atoms with van der Waals surface area (Å²) in [6.07, 6.45) is 0.943. The minimum Gasteiger partial charge on any atom is -0.481 e. The summed E-state index contributed by atoms with van der Waals surface area (Å²) >= 11 is 0. The maximum absolute atomic E-state index is 13.0. The summed E-state index contributed by atoms with van der Waals surface area (Å²) in [7, 11) is 0. The number of carboxylic acid groups (broad SMARTS) is 1. The lowest BCUT2D eigenvalue weighted by Gasteiger charge is -2.00. The van der Waals surface area contributed by atoms with Gasteiger partial charge in [0.15, 0.2) is 0 Å². The van der Waals surface area contributed by atoms with Gasteiger partial charge in [0.1, 0.15) is 5.82 Å². The van der Waals surface area contributed by atoms with E-state index in [2.05, 4.69) is 5.10 Å². The largest absolute Gasteiger partial charge is 0.481 e. The molecular weight excluding hydrogens is 227 g/mol. The molecule has 0 amide bonds. The highest BCUT2D eigenvalue weighted by Gasteiger charge is 2.11. The Balaban J connectivity index is 2.44. The number of aliphatic carboxylic acids is 1. The Morgan fingerprint density at radius 3 is 2.88 bits per heavy atom. The van der Waals surface area contributed by atoms with Crippen LogP contribution in [0.25, 0.3) is 5.69 Å². The lowest BCUT2D eigenvalue weighted by atomic mass is 10.2. The lowest BCUT2D eigenvalue weighted by molar-refractivity contribution is -0.136. The molecule has 0 bridgehead atoms. The first kappa shape index (κ1) is 11.1. The van der Waals surface area contributed by atoms with Crippen molar-refractivity contribution in [3.8, 4) is 5.69 Å². The number of aromatic nitrogens is 2. The number of hydrogen-bond donors (Lipinski definition) is 2. The average Bonchev–Trinajstić information content (AvgIpc) is 2.60. The standard InChI is InChI=1S/C11H9FN2O3/c12-8-2-1-3-9(5-8)14-11(17)7(6-13-14)4-10(15)16/h1-3,5-6,13H,4H2,(H,15,16). The zero-order valence-corrected chi connectivity index (χ0v) is 8.68. The Morgan fingerprint density at radius 2 is 2.24 bits per heavy atom. The number of benzene rings is 1. The summed E-state index contributed by atoms with van der Waals surface area (Å²) in [6.45, 7) is 0. The Kier molecular flexibility index (Phi) is 2.78. The SMILES string of the molecule is O=C(O)Cc1c[nH]n(-c2cccc(F)c2)c1=O. The molecular formula is C11H9FN2O3. The third-order valence-electron chi connectivity index (χ3n) is 2.25. The number of nitrogens with zero attached hydrogens (tertiary/aromatic N) is 1. The second-order valence-corrected chi connectivity index (χ2v) is 3.49. The van der Waals surface area contributed by atoms with Crippen LogP contribution < -0.4 is 5.56 Å². The molecule has 0 atom stereocenters. The molecule has 17 heavy (non-hydrogen) atoms. The number of rotatable bonds is 3. The molecule has 1 aromatic heterocycles. The van der Waals surface area contributed by atoms with Crippen LogP contribution in [0, 0.1) is 5.82 Å². The summed E-state index contributed by atoms with van der Waals surface area (Å²) in [6, 6.07) is 5.46. The number of nitrogens with one attached hydrogen (secondary N) is 1. The highest BCUT2D eigenvalue weighted by atomic mass is 19.1. The van der Waals surface area contributed by atoms with Crippen LogP contribution in [0.5, 0.6) is 0 Å². The van der Waals surface area contributed by atoms with Crippen molar-refractivity contribution in [1.82, 2.24) is 9.78 Å². The van der Waals surface area contributed by atoms with Crippen molar-refractivity contribution in [3.05, 3.63) is 52.2 Å². The van der Waals surface area contributed by atoms with Crippen LogP contribution in [0.2, 0.25) is 0 Å². The van der Waals surface area contributed by atoms with Gasteiger partial charge in [-0.05, 0) is 18.2 Å². The molecule has 0 saturated heterocycles. The molecule has 0 fully saturated rings. The molecule has 2 aromatic rings. The predicted octanol–water partition coefficient (Wildman–Crippen LogP) is 0.932. The fourth-order valence-corrected chi connectivity index (χ4v) is 1.50. The maximum Gasteiger partial charge on any atom is 0.308 e. The van der Waals surface area contributed by atoms with E-state index in [0.29, 0.717) is 5.69 Å². The Bertz CT molecular complexity index is 615. The lowest BCUT2D eigenvalue weighted by Crippen LogP contribution is -2.19. The summed E-state index contributed by atoms with van der Waals surface area (Å²) in [5.74, 6) is -1.56. The minimum atomic E-state index is -1.09. The molecule has 0 aliphatic rings. The predicted molar refractivity (Wildman–Crippen MR) is 57.7 cm³/mol. The molecule has 2 N–H and O–H groups in total. The normalized spacial score (nSPS) is 10.4.